The lowest BCUT2D eigenvalue weighted by molar-refractivity contribution is -0.135. The molecular weight excluding hydrogens is 949 g/mol. The van der Waals surface area contributed by atoms with Crippen LogP contribution in [0.4, 0.5) is 11.4 Å². The highest BCUT2D eigenvalue weighted by atomic mass is 16.5. The molecule has 0 unspecified atom stereocenters. The van der Waals surface area contributed by atoms with Gasteiger partial charge in [-0.25, -0.2) is 0 Å². The van der Waals surface area contributed by atoms with Gasteiger partial charge in [0.25, 0.3) is 11.8 Å². The number of carbonyl (C=O) groups is 6. The Kier molecular flexibility index (Phi) is 21.6. The van der Waals surface area contributed by atoms with E-state index in [0.717, 1.165) is 50.4 Å². The Hall–Kier alpha value is -5.90. The van der Waals surface area contributed by atoms with Crippen LogP contribution >= 0.6 is 0 Å². The normalized spacial score (nSPS) is 18.1. The summed E-state index contributed by atoms with van der Waals surface area (Å²) in [5.74, 6) is -1.18. The van der Waals surface area contributed by atoms with Gasteiger partial charge < -0.3 is 20.1 Å². The second kappa shape index (κ2) is 28.5. The summed E-state index contributed by atoms with van der Waals surface area (Å²) < 4.78 is 12.3. The Morgan fingerprint density at radius 2 is 0.803 bits per heavy atom. The average Bonchev–Trinajstić information content (AvgIpc) is 3.45. The zero-order valence-electron chi connectivity index (χ0n) is 46.7. The van der Waals surface area contributed by atoms with Crippen LogP contribution in [0.3, 0.4) is 0 Å². The first-order chi connectivity index (χ1) is 36.9. The molecule has 0 spiro atoms. The van der Waals surface area contributed by atoms with Gasteiger partial charge >= 0.3 is 11.9 Å². The zero-order valence-corrected chi connectivity index (χ0v) is 46.7. The number of ether oxygens (including phenoxy) is 2. The first-order valence-corrected chi connectivity index (χ1v) is 29.7. The molecule has 4 aromatic carbocycles. The number of esters is 2. The molecule has 2 fully saturated rings. The van der Waals surface area contributed by atoms with E-state index < -0.39 is 35.3 Å². The molecule has 2 N–H and O–H groups in total. The summed E-state index contributed by atoms with van der Waals surface area (Å²) in [6, 6.07) is 18.7. The fourth-order valence-corrected chi connectivity index (χ4v) is 12.0. The molecule has 10 nitrogen and oxygen atoms in total. The van der Waals surface area contributed by atoms with Crippen molar-refractivity contribution < 1.29 is 38.2 Å². The molecule has 3 aliphatic rings. The van der Waals surface area contributed by atoms with Crippen LogP contribution in [0.2, 0.25) is 0 Å². The summed E-state index contributed by atoms with van der Waals surface area (Å²) in [5, 5.41) is 6.06. The molecule has 76 heavy (non-hydrogen) atoms. The fourth-order valence-electron chi connectivity index (χ4n) is 12.0. The van der Waals surface area contributed by atoms with Crippen molar-refractivity contribution in [3.63, 3.8) is 0 Å². The summed E-state index contributed by atoms with van der Waals surface area (Å²) in [7, 11) is 0. The molecule has 7 rings (SSSR count). The molecule has 0 bridgehead atoms. The lowest BCUT2D eigenvalue weighted by Gasteiger charge is -2.29. The predicted octanol–water partition coefficient (Wildman–Crippen LogP) is 16.8. The fraction of sp³-hybridized carbons (Fsp3) is 0.545. The minimum Gasteiger partial charge on any atom is -0.425 e. The van der Waals surface area contributed by atoms with Gasteiger partial charge in [0, 0.05) is 24.0 Å². The monoisotopic (exact) mass is 1030 g/mol. The zero-order chi connectivity index (χ0) is 54.1. The Morgan fingerprint density at radius 3 is 1.14 bits per heavy atom. The van der Waals surface area contributed by atoms with Crippen LogP contribution in [-0.4, -0.2) is 35.3 Å². The second-order valence-corrected chi connectivity index (χ2v) is 22.2. The Labute approximate surface area is 453 Å². The average molecular weight is 1040 g/mol. The van der Waals surface area contributed by atoms with Crippen LogP contribution in [0.15, 0.2) is 60.7 Å². The van der Waals surface area contributed by atoms with E-state index in [9.17, 15) is 19.2 Å². The molecule has 0 saturated heterocycles. The van der Waals surface area contributed by atoms with Crippen molar-refractivity contribution in [3.8, 4) is 11.5 Å². The number of nitrogens with one attached hydrogen (secondary N) is 2. The smallest absolute Gasteiger partial charge is 0.311 e. The number of amides is 2. The molecule has 2 amide bonds. The molecule has 10 heteroatoms. The number of aryl methyl sites for hydroxylation is 2. The van der Waals surface area contributed by atoms with E-state index in [1.54, 1.807) is 12.1 Å². The maximum absolute atomic E-state index is 15.8. The number of anilines is 2. The Morgan fingerprint density at radius 1 is 0.447 bits per heavy atom. The van der Waals surface area contributed by atoms with Crippen molar-refractivity contribution in [1.29, 1.82) is 0 Å². The summed E-state index contributed by atoms with van der Waals surface area (Å²) in [6.45, 7) is 12.2. The van der Waals surface area contributed by atoms with Gasteiger partial charge in [-0.05, 0) is 172 Å². The largest absolute Gasteiger partial charge is 0.425 e. The highest BCUT2D eigenvalue weighted by Crippen LogP contribution is 2.48. The van der Waals surface area contributed by atoms with Gasteiger partial charge in [-0.15, -0.1) is 0 Å². The van der Waals surface area contributed by atoms with Crippen molar-refractivity contribution in [1.82, 2.24) is 0 Å². The molecule has 0 radical (unpaired) electrons. The van der Waals surface area contributed by atoms with Crippen molar-refractivity contribution in [3.05, 3.63) is 116 Å². The molecule has 0 heterocycles. The maximum Gasteiger partial charge on any atom is 0.311 e. The number of unbranched alkanes of at least 4 members (excludes halogenated alkanes) is 6. The first-order valence-electron chi connectivity index (χ1n) is 29.7. The topological polar surface area (TPSA) is 145 Å². The summed E-state index contributed by atoms with van der Waals surface area (Å²) in [6.07, 6.45) is 24.2. The van der Waals surface area contributed by atoms with Gasteiger partial charge in [0.2, 0.25) is 5.78 Å². The number of hydrogen-bond acceptors (Lipinski definition) is 8. The SMILES string of the molecule is CCCCCC1CCC(c2ccc(C(=O)Nc3cc(CCCC)c(OC(=O)CCC)c4c3C(=O)c3c(NC(=O)c5ccc(C6CCC(CCCCC)CC6)cc5)cc(CCCC)c(OC(=O)CCC)c3C4=O)cc2)CC1. The van der Waals surface area contributed by atoms with E-state index in [4.69, 9.17) is 9.47 Å². The van der Waals surface area contributed by atoms with Crippen LogP contribution in [0, 0.1) is 11.8 Å². The summed E-state index contributed by atoms with van der Waals surface area (Å²) >= 11 is 0. The highest BCUT2D eigenvalue weighted by Gasteiger charge is 2.42. The second-order valence-electron chi connectivity index (χ2n) is 22.2. The molecule has 3 aliphatic carbocycles. The third kappa shape index (κ3) is 14.4. The predicted molar refractivity (Wildman–Crippen MR) is 305 cm³/mol. The van der Waals surface area contributed by atoms with Crippen LogP contribution in [0.25, 0.3) is 0 Å². The minimum atomic E-state index is -0.709. The van der Waals surface area contributed by atoms with E-state index in [0.29, 0.717) is 72.6 Å². The summed E-state index contributed by atoms with van der Waals surface area (Å²) in [5.41, 5.74) is 3.60. The molecular formula is C66H86N2O8. The Bertz CT molecular complexity index is 2470. The standard InChI is InChI=1S/C66H86N2O8/c1-7-13-17-21-43-25-29-45(30-26-43)47-33-37-49(38-34-47)65(73)67-53-41-51(23-15-9-3)63(75-55(69)19-11-5)59-57(53)61(71)58-54(42-52(24-16-10-4)64(60(58)62(59)72)76-56(70)20-12-6)68-66(74)50-39-35-48(36-40-50)46-31-27-44(28-32-46)22-18-14-8-2/h33-46H,7-32H2,1-6H3,(H,67,73)(H,68,74). The number of ketones is 2. The number of fused-ring (bicyclic) bond motifs is 2. The van der Waals surface area contributed by atoms with Crippen molar-refractivity contribution in [2.24, 2.45) is 11.8 Å². The lowest BCUT2D eigenvalue weighted by atomic mass is 9.77. The highest BCUT2D eigenvalue weighted by molar-refractivity contribution is 6.35. The molecule has 4 aromatic rings. The van der Waals surface area contributed by atoms with Gasteiger partial charge in [-0.3, -0.25) is 28.8 Å². The molecule has 0 aromatic heterocycles. The lowest BCUT2D eigenvalue weighted by Crippen LogP contribution is -2.29. The van der Waals surface area contributed by atoms with Gasteiger partial charge in [0.05, 0.1) is 33.6 Å². The minimum absolute atomic E-state index is 0.0474. The third-order valence-corrected chi connectivity index (χ3v) is 16.5. The van der Waals surface area contributed by atoms with E-state index in [-0.39, 0.29) is 58.0 Å². The molecule has 0 atom stereocenters. The van der Waals surface area contributed by atoms with E-state index in [1.165, 1.54) is 88.2 Å². The molecule has 2 saturated carbocycles. The number of benzene rings is 4. The Balaban J connectivity index is 1.28. The van der Waals surface area contributed by atoms with Gasteiger partial charge in [-0.2, -0.15) is 0 Å². The van der Waals surface area contributed by atoms with Gasteiger partial charge in [-0.1, -0.05) is 130 Å². The van der Waals surface area contributed by atoms with Crippen LogP contribution in [0.5, 0.6) is 11.5 Å². The van der Waals surface area contributed by atoms with Crippen molar-refractivity contribution >= 4 is 46.7 Å². The van der Waals surface area contributed by atoms with Crippen LogP contribution < -0.4 is 20.1 Å². The van der Waals surface area contributed by atoms with Crippen molar-refractivity contribution in [2.45, 2.75) is 220 Å². The van der Waals surface area contributed by atoms with Crippen molar-refractivity contribution in [2.75, 3.05) is 10.6 Å². The maximum atomic E-state index is 15.8. The molecule has 0 aliphatic heterocycles. The quantitative estimate of drug-likeness (QED) is 0.0316. The van der Waals surface area contributed by atoms with E-state index >= 15 is 9.59 Å². The summed E-state index contributed by atoms with van der Waals surface area (Å²) in [4.78, 5) is 87.7. The van der Waals surface area contributed by atoms with Crippen LogP contribution in [-0.2, 0) is 22.4 Å². The number of hydrogen-bond donors (Lipinski definition) is 2. The number of rotatable bonds is 26. The van der Waals surface area contributed by atoms with E-state index in [1.807, 2.05) is 76.2 Å². The van der Waals surface area contributed by atoms with Gasteiger partial charge in [0.1, 0.15) is 11.5 Å². The van der Waals surface area contributed by atoms with Crippen LogP contribution in [0.1, 0.15) is 282 Å². The first kappa shape index (κ1) is 57.8. The molecule has 408 valence electrons. The third-order valence-electron chi connectivity index (χ3n) is 16.5. The van der Waals surface area contributed by atoms with E-state index in [2.05, 4.69) is 24.5 Å². The van der Waals surface area contributed by atoms with Gasteiger partial charge in [0.15, 0.2) is 5.78 Å². The number of carbonyl (C=O) groups excluding carboxylic acids is 6.